The summed E-state index contributed by atoms with van der Waals surface area (Å²) in [5, 5.41) is 0. The molecule has 28 heavy (non-hydrogen) atoms. The molecule has 0 aliphatic carbocycles. The fourth-order valence-corrected chi connectivity index (χ4v) is 3.96. The number of aromatic nitrogens is 2. The summed E-state index contributed by atoms with van der Waals surface area (Å²) in [5.74, 6) is 0.439. The zero-order valence-electron chi connectivity index (χ0n) is 16.4. The molecule has 3 heterocycles. The molecule has 0 radical (unpaired) electrons. The summed E-state index contributed by atoms with van der Waals surface area (Å²) in [5.41, 5.74) is 2.59. The van der Waals surface area contributed by atoms with Crippen LogP contribution in [-0.2, 0) is 17.7 Å². The molecule has 148 valence electrons. The van der Waals surface area contributed by atoms with Crippen molar-refractivity contribution in [3.05, 3.63) is 53.1 Å². The Labute approximate surface area is 164 Å². The topological polar surface area (TPSA) is 67.7 Å². The monoisotopic (exact) mass is 382 g/mol. The van der Waals surface area contributed by atoms with Crippen LogP contribution in [0.3, 0.4) is 0 Å². The summed E-state index contributed by atoms with van der Waals surface area (Å²) in [6.07, 6.45) is 0.704. The van der Waals surface area contributed by atoms with Gasteiger partial charge in [0, 0.05) is 43.4 Å². The van der Waals surface area contributed by atoms with Gasteiger partial charge >= 0.3 is 0 Å². The van der Waals surface area contributed by atoms with Crippen molar-refractivity contribution in [2.45, 2.75) is 32.9 Å². The number of amides is 2. The Morgan fingerprint density at radius 3 is 2.39 bits per heavy atom. The molecular formula is C21H26N4O3. The van der Waals surface area contributed by atoms with Crippen LogP contribution in [0.5, 0.6) is 0 Å². The Morgan fingerprint density at radius 2 is 1.71 bits per heavy atom. The molecule has 0 spiro atoms. The Morgan fingerprint density at radius 1 is 1.00 bits per heavy atom. The van der Waals surface area contributed by atoms with Crippen LogP contribution in [0, 0.1) is 0 Å². The predicted octanol–water partition coefficient (Wildman–Crippen LogP) is 2.13. The number of carbonyl (C=O) groups excluding carboxylic acids is 2. The Hall–Kier alpha value is -2.67. The molecule has 0 atom stereocenters. The minimum absolute atomic E-state index is 0.00593. The van der Waals surface area contributed by atoms with Gasteiger partial charge in [-0.2, -0.15) is 0 Å². The largest absolute Gasteiger partial charge is 0.378 e. The number of rotatable bonds is 3. The van der Waals surface area contributed by atoms with E-state index in [-0.39, 0.29) is 17.9 Å². The number of morpholine rings is 1. The first kappa shape index (κ1) is 18.7. The average molecular weight is 382 g/mol. The van der Waals surface area contributed by atoms with Gasteiger partial charge in [-0.05, 0) is 26.0 Å². The maximum atomic E-state index is 13.1. The molecule has 1 saturated heterocycles. The summed E-state index contributed by atoms with van der Waals surface area (Å²) in [6.45, 7) is 7.51. The normalized spacial score (nSPS) is 17.0. The zero-order valence-corrected chi connectivity index (χ0v) is 16.4. The second-order valence-corrected chi connectivity index (χ2v) is 7.54. The van der Waals surface area contributed by atoms with E-state index in [1.54, 1.807) is 0 Å². The first-order chi connectivity index (χ1) is 13.6. The van der Waals surface area contributed by atoms with E-state index in [0.29, 0.717) is 57.2 Å². The van der Waals surface area contributed by atoms with Crippen LogP contribution in [-0.4, -0.2) is 64.0 Å². The number of nitrogens with zero attached hydrogens (tertiary/aromatic N) is 4. The maximum absolute atomic E-state index is 13.1. The van der Waals surface area contributed by atoms with Gasteiger partial charge in [0.05, 0.1) is 25.5 Å². The SMILES string of the molecule is CC(C)n1c(C(=O)N2CCOCC2)nc2c1CCN(C(=O)c1ccccc1)C2. The molecule has 7 nitrogen and oxygen atoms in total. The van der Waals surface area contributed by atoms with Gasteiger partial charge in [0.15, 0.2) is 5.82 Å². The molecule has 1 aromatic carbocycles. The Bertz CT molecular complexity index is 869. The van der Waals surface area contributed by atoms with Crippen molar-refractivity contribution in [3.63, 3.8) is 0 Å². The second kappa shape index (κ2) is 7.75. The smallest absolute Gasteiger partial charge is 0.290 e. The first-order valence-corrected chi connectivity index (χ1v) is 9.87. The molecule has 7 heteroatoms. The van der Waals surface area contributed by atoms with Crippen molar-refractivity contribution < 1.29 is 14.3 Å². The number of hydrogen-bond donors (Lipinski definition) is 0. The molecule has 1 aromatic heterocycles. The van der Waals surface area contributed by atoms with Crippen LogP contribution in [0.15, 0.2) is 30.3 Å². The van der Waals surface area contributed by atoms with Gasteiger partial charge in [0.1, 0.15) is 0 Å². The van der Waals surface area contributed by atoms with E-state index in [4.69, 9.17) is 9.72 Å². The van der Waals surface area contributed by atoms with E-state index in [2.05, 4.69) is 18.4 Å². The standard InChI is InChI=1S/C21H26N4O3/c1-15(2)25-18-8-9-24(20(26)16-6-4-3-5-7-16)14-17(18)22-19(25)21(27)23-10-12-28-13-11-23/h3-7,15H,8-14H2,1-2H3. The summed E-state index contributed by atoms with van der Waals surface area (Å²) >= 11 is 0. The van der Waals surface area contributed by atoms with Crippen LogP contribution in [0.2, 0.25) is 0 Å². The molecule has 0 N–H and O–H groups in total. The van der Waals surface area contributed by atoms with Crippen molar-refractivity contribution in [2.24, 2.45) is 0 Å². The molecule has 2 amide bonds. The summed E-state index contributed by atoms with van der Waals surface area (Å²) < 4.78 is 7.41. The Kier molecular flexibility index (Phi) is 5.17. The van der Waals surface area contributed by atoms with Crippen molar-refractivity contribution >= 4 is 11.8 Å². The average Bonchev–Trinajstić information content (AvgIpc) is 3.13. The van der Waals surface area contributed by atoms with Gasteiger partial charge in [0.25, 0.3) is 11.8 Å². The van der Waals surface area contributed by atoms with E-state index in [1.165, 1.54) is 0 Å². The highest BCUT2D eigenvalue weighted by atomic mass is 16.5. The lowest BCUT2D eigenvalue weighted by atomic mass is 10.1. The lowest BCUT2D eigenvalue weighted by Crippen LogP contribution is -2.42. The highest BCUT2D eigenvalue weighted by molar-refractivity contribution is 5.94. The van der Waals surface area contributed by atoms with Gasteiger partial charge < -0.3 is 19.1 Å². The zero-order chi connectivity index (χ0) is 19.7. The van der Waals surface area contributed by atoms with E-state index < -0.39 is 0 Å². The van der Waals surface area contributed by atoms with Crippen LogP contribution in [0.25, 0.3) is 0 Å². The first-order valence-electron chi connectivity index (χ1n) is 9.87. The number of ether oxygens (including phenoxy) is 1. The highest BCUT2D eigenvalue weighted by Gasteiger charge is 2.32. The summed E-state index contributed by atoms with van der Waals surface area (Å²) in [6, 6.07) is 9.44. The molecule has 0 unspecified atom stereocenters. The van der Waals surface area contributed by atoms with Crippen LogP contribution in [0.4, 0.5) is 0 Å². The molecular weight excluding hydrogens is 356 g/mol. The second-order valence-electron chi connectivity index (χ2n) is 7.54. The number of benzene rings is 1. The van der Waals surface area contributed by atoms with Gasteiger partial charge in [-0.25, -0.2) is 4.98 Å². The van der Waals surface area contributed by atoms with Gasteiger partial charge in [-0.1, -0.05) is 18.2 Å². The lowest BCUT2D eigenvalue weighted by molar-refractivity contribution is 0.0290. The number of carbonyl (C=O) groups is 2. The van der Waals surface area contributed by atoms with Gasteiger partial charge in [0.2, 0.25) is 0 Å². The van der Waals surface area contributed by atoms with Gasteiger partial charge in [-0.15, -0.1) is 0 Å². The van der Waals surface area contributed by atoms with Crippen LogP contribution in [0.1, 0.15) is 52.3 Å². The maximum Gasteiger partial charge on any atom is 0.290 e. The number of hydrogen-bond acceptors (Lipinski definition) is 4. The summed E-state index contributed by atoms with van der Waals surface area (Å²) in [7, 11) is 0. The highest BCUT2D eigenvalue weighted by Crippen LogP contribution is 2.26. The van der Waals surface area contributed by atoms with E-state index in [9.17, 15) is 9.59 Å². The third-order valence-electron chi connectivity index (χ3n) is 5.37. The van der Waals surface area contributed by atoms with E-state index >= 15 is 0 Å². The molecule has 2 aromatic rings. The fraction of sp³-hybridized carbons (Fsp3) is 0.476. The minimum atomic E-state index is -0.0488. The van der Waals surface area contributed by atoms with E-state index in [1.807, 2.05) is 40.1 Å². The molecule has 2 aliphatic heterocycles. The third-order valence-corrected chi connectivity index (χ3v) is 5.37. The van der Waals surface area contributed by atoms with Crippen molar-refractivity contribution in [1.29, 1.82) is 0 Å². The quantitative estimate of drug-likeness (QED) is 0.816. The van der Waals surface area contributed by atoms with Gasteiger partial charge in [-0.3, -0.25) is 9.59 Å². The fourth-order valence-electron chi connectivity index (χ4n) is 3.96. The molecule has 0 saturated carbocycles. The van der Waals surface area contributed by atoms with Crippen LogP contribution < -0.4 is 0 Å². The Balaban J connectivity index is 1.61. The number of fused-ring (bicyclic) bond motifs is 1. The van der Waals surface area contributed by atoms with Crippen molar-refractivity contribution in [2.75, 3.05) is 32.8 Å². The van der Waals surface area contributed by atoms with Crippen molar-refractivity contribution in [3.8, 4) is 0 Å². The predicted molar refractivity (Wildman–Crippen MR) is 104 cm³/mol. The summed E-state index contributed by atoms with van der Waals surface area (Å²) in [4.78, 5) is 34.2. The van der Waals surface area contributed by atoms with Crippen LogP contribution >= 0.6 is 0 Å². The molecule has 1 fully saturated rings. The van der Waals surface area contributed by atoms with E-state index in [0.717, 1.165) is 11.4 Å². The molecule has 2 aliphatic rings. The molecule has 0 bridgehead atoms. The van der Waals surface area contributed by atoms with Crippen molar-refractivity contribution in [1.82, 2.24) is 19.4 Å². The minimum Gasteiger partial charge on any atom is -0.378 e. The molecule has 4 rings (SSSR count). The number of imidazole rings is 1. The third kappa shape index (κ3) is 3.42. The lowest BCUT2D eigenvalue weighted by Gasteiger charge is -2.28.